The third-order valence-electron chi connectivity index (χ3n) is 8.32. The smallest absolute Gasteiger partial charge is 0.229 e. The highest BCUT2D eigenvalue weighted by molar-refractivity contribution is 5.68. The van der Waals surface area contributed by atoms with Gasteiger partial charge in [0, 0.05) is 11.5 Å². The third kappa shape index (κ3) is 4.44. The lowest BCUT2D eigenvalue weighted by Crippen LogP contribution is -2.60. The van der Waals surface area contributed by atoms with Crippen molar-refractivity contribution >= 4 is 5.76 Å². The highest BCUT2D eigenvalue weighted by atomic mass is 16.7. The SMILES string of the molecule is CO/C(=C1\C2CCCC1C1=C(CCCC1)C2)c1ccc(C#N)c(O[C@@H]2OC(CO)[C@H](O)C(O)C2O)c1. The van der Waals surface area contributed by atoms with E-state index >= 15 is 0 Å². The van der Waals surface area contributed by atoms with Crippen molar-refractivity contribution in [2.75, 3.05) is 13.7 Å². The van der Waals surface area contributed by atoms with E-state index in [-0.39, 0.29) is 11.3 Å². The van der Waals surface area contributed by atoms with Gasteiger partial charge in [0.05, 0.1) is 19.3 Å². The number of methoxy groups -OCH3 is 1. The van der Waals surface area contributed by atoms with E-state index in [9.17, 15) is 25.7 Å². The number of rotatable bonds is 5. The molecule has 8 nitrogen and oxygen atoms in total. The Kier molecular flexibility index (Phi) is 7.38. The molecule has 36 heavy (non-hydrogen) atoms. The number of aliphatic hydroxyl groups is 4. The maximum Gasteiger partial charge on any atom is 0.229 e. The van der Waals surface area contributed by atoms with Gasteiger partial charge in [0.2, 0.25) is 6.29 Å². The summed E-state index contributed by atoms with van der Waals surface area (Å²) in [6.07, 6.45) is 2.39. The molecule has 0 aromatic heterocycles. The topological polar surface area (TPSA) is 132 Å². The lowest BCUT2D eigenvalue weighted by atomic mass is 9.62. The molecule has 1 heterocycles. The molecule has 5 rings (SSSR count). The molecule has 7 atom stereocenters. The molecular formula is C28H35NO7. The van der Waals surface area contributed by atoms with Crippen molar-refractivity contribution in [1.29, 1.82) is 5.26 Å². The van der Waals surface area contributed by atoms with Crippen LogP contribution < -0.4 is 4.74 Å². The van der Waals surface area contributed by atoms with Gasteiger partial charge in [-0.2, -0.15) is 5.26 Å². The normalized spacial score (nSPS) is 35.5. The van der Waals surface area contributed by atoms with Gasteiger partial charge in [0.15, 0.2) is 0 Å². The number of aliphatic hydroxyl groups excluding tert-OH is 4. The van der Waals surface area contributed by atoms with E-state index in [4.69, 9.17) is 14.2 Å². The summed E-state index contributed by atoms with van der Waals surface area (Å²) in [7, 11) is 1.68. The Bertz CT molecular complexity index is 1090. The minimum Gasteiger partial charge on any atom is -0.496 e. The summed E-state index contributed by atoms with van der Waals surface area (Å²) in [5.41, 5.74) is 5.61. The number of nitrogens with zero attached hydrogens (tertiary/aromatic N) is 1. The predicted molar refractivity (Wildman–Crippen MR) is 130 cm³/mol. The van der Waals surface area contributed by atoms with E-state index in [2.05, 4.69) is 6.07 Å². The number of ether oxygens (including phenoxy) is 3. The van der Waals surface area contributed by atoms with Crippen molar-refractivity contribution in [3.8, 4) is 11.8 Å². The van der Waals surface area contributed by atoms with Crippen LogP contribution in [-0.2, 0) is 9.47 Å². The Labute approximate surface area is 211 Å². The average molecular weight is 498 g/mol. The summed E-state index contributed by atoms with van der Waals surface area (Å²) >= 11 is 0. The lowest BCUT2D eigenvalue weighted by molar-refractivity contribution is -0.277. The molecule has 1 saturated heterocycles. The number of hydrogen-bond donors (Lipinski definition) is 4. The largest absolute Gasteiger partial charge is 0.496 e. The molecule has 1 aliphatic heterocycles. The first kappa shape index (κ1) is 25.2. The van der Waals surface area contributed by atoms with E-state index in [1.165, 1.54) is 31.3 Å². The second-order valence-corrected chi connectivity index (χ2v) is 10.3. The minimum absolute atomic E-state index is 0.174. The number of nitriles is 1. The fourth-order valence-electron chi connectivity index (χ4n) is 6.57. The molecule has 5 unspecified atom stereocenters. The molecule has 2 fully saturated rings. The Morgan fingerprint density at radius 3 is 2.64 bits per heavy atom. The van der Waals surface area contributed by atoms with E-state index in [1.807, 2.05) is 6.07 Å². The fourth-order valence-corrected chi connectivity index (χ4v) is 6.57. The highest BCUT2D eigenvalue weighted by Crippen LogP contribution is 2.53. The summed E-state index contributed by atoms with van der Waals surface area (Å²) in [6, 6.07) is 7.32. The van der Waals surface area contributed by atoms with Crippen LogP contribution in [0.5, 0.6) is 5.75 Å². The van der Waals surface area contributed by atoms with Crippen LogP contribution in [0.3, 0.4) is 0 Å². The first-order valence-corrected chi connectivity index (χ1v) is 13.0. The van der Waals surface area contributed by atoms with Gasteiger partial charge in [-0.15, -0.1) is 0 Å². The van der Waals surface area contributed by atoms with E-state index < -0.39 is 37.3 Å². The summed E-state index contributed by atoms with van der Waals surface area (Å²) in [6.45, 7) is -0.559. The maximum absolute atomic E-state index is 10.4. The molecule has 4 aliphatic rings. The molecule has 2 bridgehead atoms. The number of allylic oxidation sites excluding steroid dienone is 3. The number of hydrogen-bond acceptors (Lipinski definition) is 8. The van der Waals surface area contributed by atoms with Crippen LogP contribution in [0, 0.1) is 23.2 Å². The molecule has 194 valence electrons. The molecule has 1 aromatic carbocycles. The Morgan fingerprint density at radius 1 is 1.08 bits per heavy atom. The second-order valence-electron chi connectivity index (χ2n) is 10.3. The Morgan fingerprint density at radius 2 is 1.89 bits per heavy atom. The quantitative estimate of drug-likeness (QED) is 0.361. The van der Waals surface area contributed by atoms with Crippen LogP contribution in [0.4, 0.5) is 0 Å². The van der Waals surface area contributed by atoms with E-state index in [0.29, 0.717) is 11.8 Å². The molecule has 0 amide bonds. The van der Waals surface area contributed by atoms with Gasteiger partial charge in [-0.1, -0.05) is 17.6 Å². The van der Waals surface area contributed by atoms with Gasteiger partial charge >= 0.3 is 0 Å². The average Bonchev–Trinajstić information content (AvgIpc) is 2.90. The van der Waals surface area contributed by atoms with Crippen molar-refractivity contribution in [1.82, 2.24) is 0 Å². The second kappa shape index (κ2) is 10.5. The van der Waals surface area contributed by atoms with Crippen molar-refractivity contribution in [3.63, 3.8) is 0 Å². The molecule has 8 heteroatoms. The molecular weight excluding hydrogens is 462 g/mol. The fraction of sp³-hybridized carbons (Fsp3) is 0.607. The summed E-state index contributed by atoms with van der Waals surface area (Å²) < 4.78 is 17.4. The highest BCUT2D eigenvalue weighted by Gasteiger charge is 2.45. The van der Waals surface area contributed by atoms with Crippen LogP contribution in [0.1, 0.15) is 62.5 Å². The zero-order chi connectivity index (χ0) is 25.4. The van der Waals surface area contributed by atoms with E-state index in [1.54, 1.807) is 30.4 Å². The number of benzene rings is 1. The van der Waals surface area contributed by atoms with Gasteiger partial charge in [-0.05, 0) is 74.6 Å². The third-order valence-corrected chi connectivity index (χ3v) is 8.32. The van der Waals surface area contributed by atoms with Crippen LogP contribution in [0.25, 0.3) is 5.76 Å². The number of fused-ring (bicyclic) bond motifs is 3. The minimum atomic E-state index is -1.56. The molecule has 1 aromatic rings. The Hall–Kier alpha value is -2.41. The van der Waals surface area contributed by atoms with Crippen LogP contribution in [0.2, 0.25) is 0 Å². The van der Waals surface area contributed by atoms with Crippen LogP contribution in [-0.4, -0.2) is 64.8 Å². The summed E-state index contributed by atoms with van der Waals surface area (Å²) in [5.74, 6) is 1.83. The summed E-state index contributed by atoms with van der Waals surface area (Å²) in [4.78, 5) is 0. The van der Waals surface area contributed by atoms with Gasteiger partial charge in [0.25, 0.3) is 0 Å². The van der Waals surface area contributed by atoms with Gasteiger partial charge in [-0.3, -0.25) is 0 Å². The zero-order valence-electron chi connectivity index (χ0n) is 20.6. The first-order valence-electron chi connectivity index (χ1n) is 13.0. The molecule has 0 radical (unpaired) electrons. The van der Waals surface area contributed by atoms with Crippen molar-refractivity contribution in [3.05, 3.63) is 46.0 Å². The van der Waals surface area contributed by atoms with Crippen molar-refractivity contribution in [2.24, 2.45) is 11.8 Å². The van der Waals surface area contributed by atoms with Gasteiger partial charge in [-0.25, -0.2) is 0 Å². The lowest BCUT2D eigenvalue weighted by Gasteiger charge is -2.43. The van der Waals surface area contributed by atoms with E-state index in [0.717, 1.165) is 37.0 Å². The zero-order valence-corrected chi connectivity index (χ0v) is 20.6. The monoisotopic (exact) mass is 497 g/mol. The molecule has 1 saturated carbocycles. The Balaban J connectivity index is 1.51. The van der Waals surface area contributed by atoms with Crippen LogP contribution in [0.15, 0.2) is 34.9 Å². The van der Waals surface area contributed by atoms with Crippen molar-refractivity contribution in [2.45, 2.75) is 82.1 Å². The molecule has 4 N–H and O–H groups in total. The standard InChI is InChI=1S/C28H35NO7/c1-34-27(23-16-6-4-8-20(23)19-7-3-2-5-15(19)11-16)17-9-10-18(13-29)21(12-17)35-28-26(33)25(32)24(31)22(14-30)36-28/h9-10,12,16,20,22,24-26,28,30-33H,2-8,11,14H2,1H3/b27-23+/t16?,20?,22?,24-,25?,26?,28+/m0/s1. The summed E-state index contributed by atoms with van der Waals surface area (Å²) in [5, 5.41) is 49.8. The van der Waals surface area contributed by atoms with Gasteiger partial charge in [0.1, 0.15) is 42.0 Å². The van der Waals surface area contributed by atoms with Gasteiger partial charge < -0.3 is 34.6 Å². The first-order chi connectivity index (χ1) is 17.5. The predicted octanol–water partition coefficient (Wildman–Crippen LogP) is 2.79. The van der Waals surface area contributed by atoms with Crippen molar-refractivity contribution < 1.29 is 34.6 Å². The van der Waals surface area contributed by atoms with Crippen LogP contribution >= 0.6 is 0 Å². The molecule has 0 spiro atoms. The maximum atomic E-state index is 10.4. The molecule has 3 aliphatic carbocycles.